The minimum atomic E-state index is -3.35. The van der Waals surface area contributed by atoms with Gasteiger partial charge in [0.05, 0.1) is 15.6 Å². The molecule has 4 nitrogen and oxygen atoms in total. The van der Waals surface area contributed by atoms with E-state index in [-0.39, 0.29) is 6.04 Å². The summed E-state index contributed by atoms with van der Waals surface area (Å²) in [6.45, 7) is 0. The highest BCUT2D eigenvalue weighted by Gasteiger charge is 2.28. The first-order chi connectivity index (χ1) is 7.53. The average molecular weight is 353 g/mol. The quantitative estimate of drug-likeness (QED) is 0.839. The molecule has 0 unspecified atom stereocenters. The van der Waals surface area contributed by atoms with Crippen molar-refractivity contribution in [2.45, 2.75) is 23.8 Å². The van der Waals surface area contributed by atoms with E-state index in [2.05, 4.69) is 27.3 Å². The third-order valence-corrected chi connectivity index (χ3v) is 4.69. The standard InChI is InChI=1S/C10H12INO3S/c1-15-10-5-4-8(6-9(10)11)16(13,14)12-7-2-3-7/h4-7,12H,2-3H2,1H3. The maximum Gasteiger partial charge on any atom is 0.240 e. The van der Waals surface area contributed by atoms with Gasteiger partial charge < -0.3 is 4.74 Å². The highest BCUT2D eigenvalue weighted by atomic mass is 127. The zero-order valence-electron chi connectivity index (χ0n) is 8.73. The molecule has 1 aliphatic carbocycles. The lowest BCUT2D eigenvalue weighted by atomic mass is 10.3. The lowest BCUT2D eigenvalue weighted by Gasteiger charge is -2.08. The van der Waals surface area contributed by atoms with Gasteiger partial charge in [-0.1, -0.05) is 0 Å². The summed E-state index contributed by atoms with van der Waals surface area (Å²) in [4.78, 5) is 0.296. The molecule has 88 valence electrons. The van der Waals surface area contributed by atoms with Crippen molar-refractivity contribution in [3.8, 4) is 5.75 Å². The molecule has 0 atom stereocenters. The Morgan fingerprint density at radius 1 is 1.44 bits per heavy atom. The van der Waals surface area contributed by atoms with Gasteiger partial charge in [-0.3, -0.25) is 0 Å². The Morgan fingerprint density at radius 3 is 2.62 bits per heavy atom. The van der Waals surface area contributed by atoms with Gasteiger partial charge in [0, 0.05) is 6.04 Å². The molecular weight excluding hydrogens is 341 g/mol. The van der Waals surface area contributed by atoms with Crippen molar-refractivity contribution in [3.63, 3.8) is 0 Å². The van der Waals surface area contributed by atoms with Gasteiger partial charge in [0.15, 0.2) is 0 Å². The first kappa shape index (κ1) is 12.1. The van der Waals surface area contributed by atoms with Crippen LogP contribution in [-0.4, -0.2) is 21.6 Å². The molecule has 2 rings (SSSR count). The molecule has 0 spiro atoms. The number of nitrogens with one attached hydrogen (secondary N) is 1. The van der Waals surface area contributed by atoms with Crippen LogP contribution >= 0.6 is 22.6 Å². The molecule has 0 aromatic heterocycles. The van der Waals surface area contributed by atoms with E-state index in [9.17, 15) is 8.42 Å². The largest absolute Gasteiger partial charge is 0.496 e. The molecule has 0 amide bonds. The van der Waals surface area contributed by atoms with E-state index < -0.39 is 10.0 Å². The first-order valence-corrected chi connectivity index (χ1v) is 7.45. The van der Waals surface area contributed by atoms with Gasteiger partial charge in [0.1, 0.15) is 5.75 Å². The molecule has 1 fully saturated rings. The van der Waals surface area contributed by atoms with Crippen molar-refractivity contribution in [2.24, 2.45) is 0 Å². The molecule has 1 N–H and O–H groups in total. The van der Waals surface area contributed by atoms with Crippen LogP contribution in [-0.2, 0) is 10.0 Å². The lowest BCUT2D eigenvalue weighted by molar-refractivity contribution is 0.411. The summed E-state index contributed by atoms with van der Waals surface area (Å²) in [6.07, 6.45) is 1.87. The van der Waals surface area contributed by atoms with Crippen molar-refractivity contribution in [1.29, 1.82) is 0 Å². The monoisotopic (exact) mass is 353 g/mol. The highest BCUT2D eigenvalue weighted by Crippen LogP contribution is 2.26. The number of sulfonamides is 1. The van der Waals surface area contributed by atoms with E-state index in [1.807, 2.05) is 0 Å². The third kappa shape index (κ3) is 2.67. The van der Waals surface area contributed by atoms with Crippen molar-refractivity contribution < 1.29 is 13.2 Å². The van der Waals surface area contributed by atoms with E-state index in [0.29, 0.717) is 10.6 Å². The summed E-state index contributed by atoms with van der Waals surface area (Å²) in [7, 11) is -1.79. The molecule has 0 saturated heterocycles. The minimum Gasteiger partial charge on any atom is -0.496 e. The number of rotatable bonds is 4. The van der Waals surface area contributed by atoms with Gasteiger partial charge in [0.25, 0.3) is 0 Å². The van der Waals surface area contributed by atoms with Crippen molar-refractivity contribution in [2.75, 3.05) is 7.11 Å². The second kappa shape index (κ2) is 4.50. The highest BCUT2D eigenvalue weighted by molar-refractivity contribution is 14.1. The molecule has 0 aliphatic heterocycles. The normalized spacial score (nSPS) is 16.1. The molecule has 0 heterocycles. The van der Waals surface area contributed by atoms with Gasteiger partial charge in [-0.15, -0.1) is 0 Å². The number of ether oxygens (including phenoxy) is 1. The summed E-state index contributed by atoms with van der Waals surface area (Å²) in [5, 5.41) is 0. The van der Waals surface area contributed by atoms with Crippen molar-refractivity contribution >= 4 is 32.6 Å². The van der Waals surface area contributed by atoms with Crippen LogP contribution in [0.15, 0.2) is 23.1 Å². The minimum absolute atomic E-state index is 0.129. The molecular formula is C10H12INO3S. The molecule has 0 radical (unpaired) electrons. The maximum absolute atomic E-state index is 11.9. The fourth-order valence-electron chi connectivity index (χ4n) is 1.30. The van der Waals surface area contributed by atoms with E-state index in [1.54, 1.807) is 25.3 Å². The van der Waals surface area contributed by atoms with E-state index in [0.717, 1.165) is 16.4 Å². The van der Waals surface area contributed by atoms with Gasteiger partial charge >= 0.3 is 0 Å². The van der Waals surface area contributed by atoms with Crippen LogP contribution in [0.5, 0.6) is 5.75 Å². The smallest absolute Gasteiger partial charge is 0.240 e. The zero-order chi connectivity index (χ0) is 11.8. The molecule has 6 heteroatoms. The van der Waals surface area contributed by atoms with Crippen LogP contribution in [0.25, 0.3) is 0 Å². The van der Waals surface area contributed by atoms with E-state index in [1.165, 1.54) is 0 Å². The van der Waals surface area contributed by atoms with Crippen LogP contribution < -0.4 is 9.46 Å². The Morgan fingerprint density at radius 2 is 2.12 bits per heavy atom. The SMILES string of the molecule is COc1ccc(S(=O)(=O)NC2CC2)cc1I. The molecule has 1 aromatic carbocycles. The molecule has 0 bridgehead atoms. The molecule has 1 aliphatic rings. The van der Waals surface area contributed by atoms with Crippen LogP contribution in [0.2, 0.25) is 0 Å². The Kier molecular flexibility index (Phi) is 3.41. The second-order valence-corrected chi connectivity index (χ2v) is 6.57. The number of halogens is 1. The van der Waals surface area contributed by atoms with Gasteiger partial charge in [-0.2, -0.15) is 0 Å². The number of hydrogen-bond acceptors (Lipinski definition) is 3. The summed E-state index contributed by atoms with van der Waals surface area (Å²) >= 11 is 2.06. The summed E-state index contributed by atoms with van der Waals surface area (Å²) in [6, 6.07) is 4.98. The Bertz CT molecular complexity index is 497. The Labute approximate surface area is 109 Å². The van der Waals surface area contributed by atoms with Gasteiger partial charge in [0.2, 0.25) is 10.0 Å². The topological polar surface area (TPSA) is 55.4 Å². The van der Waals surface area contributed by atoms with Gasteiger partial charge in [-0.05, 0) is 53.6 Å². The summed E-state index contributed by atoms with van der Waals surface area (Å²) in [5.74, 6) is 0.686. The fraction of sp³-hybridized carbons (Fsp3) is 0.400. The number of benzene rings is 1. The predicted molar refractivity (Wildman–Crippen MR) is 69.1 cm³/mol. The molecule has 1 aromatic rings. The van der Waals surface area contributed by atoms with Crippen LogP contribution in [0.3, 0.4) is 0 Å². The molecule has 1 saturated carbocycles. The molecule has 16 heavy (non-hydrogen) atoms. The zero-order valence-corrected chi connectivity index (χ0v) is 11.7. The third-order valence-electron chi connectivity index (χ3n) is 2.33. The number of hydrogen-bond donors (Lipinski definition) is 1. The Balaban J connectivity index is 2.29. The van der Waals surface area contributed by atoms with Gasteiger partial charge in [-0.25, -0.2) is 13.1 Å². The van der Waals surface area contributed by atoms with E-state index in [4.69, 9.17) is 4.74 Å². The average Bonchev–Trinajstić information content (AvgIpc) is 3.01. The van der Waals surface area contributed by atoms with Crippen molar-refractivity contribution in [3.05, 3.63) is 21.8 Å². The second-order valence-electron chi connectivity index (χ2n) is 3.69. The summed E-state index contributed by atoms with van der Waals surface area (Å²) in [5.41, 5.74) is 0. The summed E-state index contributed by atoms with van der Waals surface area (Å²) < 4.78 is 32.3. The first-order valence-electron chi connectivity index (χ1n) is 4.89. The van der Waals surface area contributed by atoms with Crippen LogP contribution in [0.1, 0.15) is 12.8 Å². The lowest BCUT2D eigenvalue weighted by Crippen LogP contribution is -2.25. The number of methoxy groups -OCH3 is 1. The predicted octanol–water partition coefficient (Wildman–Crippen LogP) is 1.74. The Hall–Kier alpha value is -0.340. The van der Waals surface area contributed by atoms with Crippen LogP contribution in [0.4, 0.5) is 0 Å². The maximum atomic E-state index is 11.9. The van der Waals surface area contributed by atoms with Crippen LogP contribution in [0, 0.1) is 3.57 Å². The van der Waals surface area contributed by atoms with Crippen molar-refractivity contribution in [1.82, 2.24) is 4.72 Å². The fourth-order valence-corrected chi connectivity index (χ4v) is 3.58. The van der Waals surface area contributed by atoms with E-state index >= 15 is 0 Å².